The van der Waals surface area contributed by atoms with E-state index < -0.39 is 17.9 Å². The van der Waals surface area contributed by atoms with Crippen molar-refractivity contribution in [1.29, 1.82) is 0 Å². The SMILES string of the molecule is CCCSSCC(N)C(=O)NCC(=O)O. The predicted molar refractivity (Wildman–Crippen MR) is 63.8 cm³/mol. The molecule has 15 heavy (non-hydrogen) atoms. The fourth-order valence-electron chi connectivity index (χ4n) is 0.633. The van der Waals surface area contributed by atoms with E-state index in [4.69, 9.17) is 10.8 Å². The molecule has 0 spiro atoms. The van der Waals surface area contributed by atoms with E-state index in [0.717, 1.165) is 12.2 Å². The molecular weight excluding hydrogens is 236 g/mol. The summed E-state index contributed by atoms with van der Waals surface area (Å²) in [6.45, 7) is 1.70. The van der Waals surface area contributed by atoms with Crippen molar-refractivity contribution < 1.29 is 14.7 Å². The highest BCUT2D eigenvalue weighted by molar-refractivity contribution is 8.76. The standard InChI is InChI=1S/C8H16N2O3S2/c1-2-3-14-15-5-6(9)8(13)10-4-7(11)12/h6H,2-5,9H2,1H3,(H,10,13)(H,11,12). The van der Waals surface area contributed by atoms with Crippen molar-refractivity contribution in [2.75, 3.05) is 18.1 Å². The molecule has 0 aliphatic carbocycles. The van der Waals surface area contributed by atoms with E-state index in [0.29, 0.717) is 5.75 Å². The first-order valence-corrected chi connectivity index (χ1v) is 7.06. The number of nitrogens with one attached hydrogen (secondary N) is 1. The molecule has 0 aromatic heterocycles. The van der Waals surface area contributed by atoms with Crippen LogP contribution in [0.5, 0.6) is 0 Å². The highest BCUT2D eigenvalue weighted by Crippen LogP contribution is 2.21. The van der Waals surface area contributed by atoms with Crippen LogP contribution in [0.3, 0.4) is 0 Å². The summed E-state index contributed by atoms with van der Waals surface area (Å²) >= 11 is 0. The number of hydrogen-bond acceptors (Lipinski definition) is 5. The van der Waals surface area contributed by atoms with Gasteiger partial charge in [-0.1, -0.05) is 28.5 Å². The third-order valence-electron chi connectivity index (χ3n) is 1.37. The molecule has 0 aromatic rings. The van der Waals surface area contributed by atoms with Crippen molar-refractivity contribution in [3.63, 3.8) is 0 Å². The Bertz CT molecular complexity index is 214. The van der Waals surface area contributed by atoms with Crippen LogP contribution in [-0.2, 0) is 9.59 Å². The molecule has 4 N–H and O–H groups in total. The number of rotatable bonds is 8. The van der Waals surface area contributed by atoms with Crippen molar-refractivity contribution >= 4 is 33.5 Å². The Morgan fingerprint density at radius 3 is 2.67 bits per heavy atom. The van der Waals surface area contributed by atoms with Crippen LogP contribution in [0.4, 0.5) is 0 Å². The molecule has 0 rings (SSSR count). The largest absolute Gasteiger partial charge is 0.480 e. The van der Waals surface area contributed by atoms with Crippen molar-refractivity contribution in [2.24, 2.45) is 5.73 Å². The van der Waals surface area contributed by atoms with E-state index in [2.05, 4.69) is 12.2 Å². The van der Waals surface area contributed by atoms with Crippen LogP contribution in [0.2, 0.25) is 0 Å². The van der Waals surface area contributed by atoms with Gasteiger partial charge in [-0.05, 0) is 6.42 Å². The van der Waals surface area contributed by atoms with Crippen LogP contribution < -0.4 is 11.1 Å². The van der Waals surface area contributed by atoms with Gasteiger partial charge in [0.05, 0.1) is 6.04 Å². The van der Waals surface area contributed by atoms with Gasteiger partial charge in [0.25, 0.3) is 0 Å². The minimum Gasteiger partial charge on any atom is -0.480 e. The monoisotopic (exact) mass is 252 g/mol. The quantitative estimate of drug-likeness (QED) is 0.425. The molecule has 0 aliphatic rings. The van der Waals surface area contributed by atoms with Crippen LogP contribution in [0.25, 0.3) is 0 Å². The molecule has 0 aliphatic heterocycles. The van der Waals surface area contributed by atoms with E-state index in [1.165, 1.54) is 10.8 Å². The maximum absolute atomic E-state index is 11.2. The average Bonchev–Trinajstić information content (AvgIpc) is 2.20. The van der Waals surface area contributed by atoms with Gasteiger partial charge in [0, 0.05) is 11.5 Å². The van der Waals surface area contributed by atoms with Crippen molar-refractivity contribution in [3.05, 3.63) is 0 Å². The minimum absolute atomic E-state index is 0.376. The summed E-state index contributed by atoms with van der Waals surface area (Å²) in [5.41, 5.74) is 5.55. The number of carboxylic acids is 1. The summed E-state index contributed by atoms with van der Waals surface area (Å²) in [5, 5.41) is 10.6. The van der Waals surface area contributed by atoms with E-state index in [9.17, 15) is 9.59 Å². The molecule has 1 amide bonds. The maximum atomic E-state index is 11.2. The summed E-state index contributed by atoms with van der Waals surface area (Å²) in [6, 6.07) is -0.640. The Balaban J connectivity index is 3.55. The molecule has 1 atom stereocenters. The second-order valence-electron chi connectivity index (χ2n) is 2.82. The van der Waals surface area contributed by atoms with Gasteiger partial charge in [0.15, 0.2) is 0 Å². The summed E-state index contributed by atoms with van der Waals surface area (Å²) in [6.07, 6.45) is 1.08. The van der Waals surface area contributed by atoms with Crippen LogP contribution in [0.15, 0.2) is 0 Å². The highest BCUT2D eigenvalue weighted by atomic mass is 33.1. The summed E-state index contributed by atoms with van der Waals surface area (Å²) in [7, 11) is 3.20. The van der Waals surface area contributed by atoms with Gasteiger partial charge in [0.1, 0.15) is 6.54 Å². The van der Waals surface area contributed by atoms with E-state index in [-0.39, 0.29) is 6.54 Å². The lowest BCUT2D eigenvalue weighted by molar-refractivity contribution is -0.138. The lowest BCUT2D eigenvalue weighted by Crippen LogP contribution is -2.43. The second kappa shape index (κ2) is 8.87. The smallest absolute Gasteiger partial charge is 0.322 e. The topological polar surface area (TPSA) is 92.4 Å². The highest BCUT2D eigenvalue weighted by Gasteiger charge is 2.13. The van der Waals surface area contributed by atoms with Crippen LogP contribution in [-0.4, -0.2) is 41.1 Å². The number of hydrogen-bond donors (Lipinski definition) is 3. The fraction of sp³-hybridized carbons (Fsp3) is 0.750. The Morgan fingerprint density at radius 2 is 2.13 bits per heavy atom. The van der Waals surface area contributed by atoms with Crippen molar-refractivity contribution in [2.45, 2.75) is 19.4 Å². The van der Waals surface area contributed by atoms with Gasteiger partial charge in [-0.25, -0.2) is 0 Å². The lowest BCUT2D eigenvalue weighted by atomic mass is 10.3. The predicted octanol–water partition coefficient (Wildman–Crippen LogP) is 0.306. The third-order valence-corrected chi connectivity index (χ3v) is 4.01. The van der Waals surface area contributed by atoms with Gasteiger partial charge >= 0.3 is 5.97 Å². The number of carboxylic acid groups (broad SMARTS) is 1. The van der Waals surface area contributed by atoms with E-state index in [1.807, 2.05) is 0 Å². The number of carbonyl (C=O) groups is 2. The molecule has 7 heteroatoms. The van der Waals surface area contributed by atoms with Crippen LogP contribution in [0.1, 0.15) is 13.3 Å². The normalized spacial score (nSPS) is 12.1. The number of amides is 1. The average molecular weight is 252 g/mol. The number of aliphatic carboxylic acids is 1. The van der Waals surface area contributed by atoms with E-state index >= 15 is 0 Å². The zero-order valence-electron chi connectivity index (χ0n) is 8.56. The zero-order valence-corrected chi connectivity index (χ0v) is 10.2. The minimum atomic E-state index is -1.07. The Morgan fingerprint density at radius 1 is 1.47 bits per heavy atom. The van der Waals surface area contributed by atoms with Crippen LogP contribution in [0, 0.1) is 0 Å². The molecule has 88 valence electrons. The third kappa shape index (κ3) is 8.59. The van der Waals surface area contributed by atoms with Gasteiger partial charge in [-0.3, -0.25) is 9.59 Å². The fourth-order valence-corrected chi connectivity index (χ4v) is 2.89. The van der Waals surface area contributed by atoms with Crippen molar-refractivity contribution in [3.8, 4) is 0 Å². The Labute approximate surface area is 96.9 Å². The number of carbonyl (C=O) groups excluding carboxylic acids is 1. The summed E-state index contributed by atoms with van der Waals surface area (Å²) in [5.74, 6) is 0.0371. The first kappa shape index (κ1) is 14.6. The summed E-state index contributed by atoms with van der Waals surface area (Å²) in [4.78, 5) is 21.3. The zero-order chi connectivity index (χ0) is 11.7. The molecule has 0 radical (unpaired) electrons. The number of nitrogens with two attached hydrogens (primary N) is 1. The van der Waals surface area contributed by atoms with Gasteiger partial charge < -0.3 is 16.2 Å². The molecule has 5 nitrogen and oxygen atoms in total. The van der Waals surface area contributed by atoms with Gasteiger partial charge in [0.2, 0.25) is 5.91 Å². The second-order valence-corrected chi connectivity index (χ2v) is 5.45. The first-order chi connectivity index (χ1) is 7.07. The van der Waals surface area contributed by atoms with Gasteiger partial charge in [-0.2, -0.15) is 0 Å². The summed E-state index contributed by atoms with van der Waals surface area (Å²) < 4.78 is 0. The molecule has 0 aromatic carbocycles. The molecule has 0 saturated heterocycles. The molecular formula is C8H16N2O3S2. The van der Waals surface area contributed by atoms with Crippen LogP contribution >= 0.6 is 21.6 Å². The Hall–Kier alpha value is -0.400. The van der Waals surface area contributed by atoms with Crippen molar-refractivity contribution in [1.82, 2.24) is 5.32 Å². The van der Waals surface area contributed by atoms with E-state index in [1.54, 1.807) is 10.8 Å². The molecule has 1 unspecified atom stereocenters. The molecule has 0 fully saturated rings. The Kier molecular flexibility index (Phi) is 8.64. The lowest BCUT2D eigenvalue weighted by Gasteiger charge is -2.09. The first-order valence-electron chi connectivity index (χ1n) is 4.57. The molecule has 0 heterocycles. The molecule has 0 bridgehead atoms. The molecule has 0 saturated carbocycles. The maximum Gasteiger partial charge on any atom is 0.322 e. The van der Waals surface area contributed by atoms with Gasteiger partial charge in [-0.15, -0.1) is 0 Å².